The summed E-state index contributed by atoms with van der Waals surface area (Å²) in [6.45, 7) is 0.118. The van der Waals surface area contributed by atoms with Gasteiger partial charge < -0.3 is 21.7 Å². The van der Waals surface area contributed by atoms with Crippen molar-refractivity contribution in [3.63, 3.8) is 0 Å². The van der Waals surface area contributed by atoms with Gasteiger partial charge in [-0.25, -0.2) is 0 Å². The Bertz CT molecular complexity index is 247. The van der Waals surface area contributed by atoms with Crippen molar-refractivity contribution in [2.75, 3.05) is 6.54 Å². The number of rotatable bonds is 6. The molecule has 0 amide bonds. The molecule has 0 aromatic carbocycles. The number of hydrogen-bond donors (Lipinski definition) is 4. The van der Waals surface area contributed by atoms with Crippen LogP contribution in [-0.4, -0.2) is 34.7 Å². The lowest BCUT2D eigenvalue weighted by atomic mass is 10.0. The molecule has 7 nitrogen and oxygen atoms in total. The maximum absolute atomic E-state index is 10.5. The van der Waals surface area contributed by atoms with Crippen LogP contribution in [0.4, 0.5) is 0 Å². The summed E-state index contributed by atoms with van der Waals surface area (Å²) in [4.78, 5) is 24.4. The Hall–Kier alpha value is -1.79. The van der Waals surface area contributed by atoms with Crippen molar-refractivity contribution in [2.45, 2.75) is 12.8 Å². The summed E-state index contributed by atoms with van der Waals surface area (Å²) < 4.78 is 0. The molecule has 0 fully saturated rings. The number of nitrogens with two attached hydrogens (primary N) is 2. The number of carboxylic acids is 2. The molecule has 0 aliphatic rings. The summed E-state index contributed by atoms with van der Waals surface area (Å²) in [5.41, 5.74) is 10.0. The normalized spacial score (nSPS) is 11.7. The van der Waals surface area contributed by atoms with Crippen molar-refractivity contribution in [1.29, 1.82) is 0 Å². The van der Waals surface area contributed by atoms with E-state index in [2.05, 4.69) is 4.99 Å². The minimum Gasteiger partial charge on any atom is -0.481 e. The van der Waals surface area contributed by atoms with Crippen LogP contribution in [0.25, 0.3) is 0 Å². The molecule has 0 aromatic rings. The molecule has 1 unspecified atom stereocenters. The van der Waals surface area contributed by atoms with Crippen molar-refractivity contribution < 1.29 is 19.8 Å². The average Bonchev–Trinajstić information content (AvgIpc) is 2.00. The number of hydrogen-bond acceptors (Lipinski definition) is 3. The molecule has 0 aliphatic heterocycles. The van der Waals surface area contributed by atoms with Crippen molar-refractivity contribution in [3.8, 4) is 0 Å². The fourth-order valence-corrected chi connectivity index (χ4v) is 0.873. The third kappa shape index (κ3) is 5.81. The second kappa shape index (κ2) is 5.79. The summed E-state index contributed by atoms with van der Waals surface area (Å²) in [7, 11) is 0. The lowest BCUT2D eigenvalue weighted by molar-refractivity contribution is -0.148. The van der Waals surface area contributed by atoms with Crippen LogP contribution in [0.3, 0.4) is 0 Å². The monoisotopic (exact) mass is 203 g/mol. The number of aliphatic carboxylic acids is 2. The Morgan fingerprint density at radius 3 is 2.21 bits per heavy atom. The molecule has 0 saturated heterocycles. The molecule has 0 aliphatic carbocycles. The summed E-state index contributed by atoms with van der Waals surface area (Å²) in [6.07, 6.45) is -0.311. The van der Waals surface area contributed by atoms with Gasteiger partial charge in [-0.3, -0.25) is 14.6 Å². The minimum absolute atomic E-state index is 0.111. The van der Waals surface area contributed by atoms with E-state index >= 15 is 0 Å². The first-order valence-electron chi connectivity index (χ1n) is 3.93. The first kappa shape index (κ1) is 12.2. The molecule has 14 heavy (non-hydrogen) atoms. The smallest absolute Gasteiger partial charge is 0.307 e. The fraction of sp³-hybridized carbons (Fsp3) is 0.571. The van der Waals surface area contributed by atoms with Crippen LogP contribution in [0.1, 0.15) is 12.8 Å². The van der Waals surface area contributed by atoms with Crippen LogP contribution in [0.15, 0.2) is 4.99 Å². The number of guanidine groups is 1. The molecule has 0 bridgehead atoms. The van der Waals surface area contributed by atoms with Crippen molar-refractivity contribution in [1.82, 2.24) is 0 Å². The second-order valence-electron chi connectivity index (χ2n) is 2.73. The van der Waals surface area contributed by atoms with Gasteiger partial charge in [0.25, 0.3) is 0 Å². The van der Waals surface area contributed by atoms with Gasteiger partial charge >= 0.3 is 11.9 Å². The molecule has 80 valence electrons. The quantitative estimate of drug-likeness (QED) is 0.316. The average molecular weight is 203 g/mol. The van der Waals surface area contributed by atoms with Gasteiger partial charge in [0.1, 0.15) is 0 Å². The van der Waals surface area contributed by atoms with Gasteiger partial charge in [-0.15, -0.1) is 0 Å². The van der Waals surface area contributed by atoms with E-state index in [0.717, 1.165) is 0 Å². The van der Waals surface area contributed by atoms with Gasteiger partial charge in [0.2, 0.25) is 0 Å². The zero-order valence-electron chi connectivity index (χ0n) is 7.51. The SMILES string of the molecule is NC(N)=NCCC(CC(=O)O)C(=O)O. The highest BCUT2D eigenvalue weighted by atomic mass is 16.4. The van der Waals surface area contributed by atoms with Crippen LogP contribution < -0.4 is 11.5 Å². The van der Waals surface area contributed by atoms with E-state index < -0.39 is 24.3 Å². The zero-order valence-corrected chi connectivity index (χ0v) is 7.51. The van der Waals surface area contributed by atoms with Crippen molar-refractivity contribution in [3.05, 3.63) is 0 Å². The van der Waals surface area contributed by atoms with E-state index in [0.29, 0.717) is 0 Å². The maximum Gasteiger partial charge on any atom is 0.307 e. The van der Waals surface area contributed by atoms with Gasteiger partial charge in [-0.05, 0) is 6.42 Å². The maximum atomic E-state index is 10.5. The molecule has 0 aromatic heterocycles. The van der Waals surface area contributed by atoms with Crippen molar-refractivity contribution >= 4 is 17.9 Å². The van der Waals surface area contributed by atoms with Crippen LogP contribution >= 0.6 is 0 Å². The predicted octanol–water partition coefficient (Wildman–Crippen LogP) is -1.17. The molecular weight excluding hydrogens is 190 g/mol. The molecule has 0 rings (SSSR count). The molecule has 0 heterocycles. The third-order valence-corrected chi connectivity index (χ3v) is 1.54. The summed E-state index contributed by atoms with van der Waals surface area (Å²) >= 11 is 0. The number of carbonyl (C=O) groups is 2. The minimum atomic E-state index is -1.15. The van der Waals surface area contributed by atoms with Gasteiger partial charge in [-0.1, -0.05) is 0 Å². The summed E-state index contributed by atoms with van der Waals surface area (Å²) in [5.74, 6) is -3.39. The van der Waals surface area contributed by atoms with Gasteiger partial charge in [0.05, 0.1) is 12.3 Å². The second-order valence-corrected chi connectivity index (χ2v) is 2.73. The van der Waals surface area contributed by atoms with Gasteiger partial charge in [0.15, 0.2) is 5.96 Å². The van der Waals surface area contributed by atoms with E-state index in [9.17, 15) is 9.59 Å². The lowest BCUT2D eigenvalue weighted by Gasteiger charge is -2.07. The Kier molecular flexibility index (Phi) is 5.05. The number of aliphatic imine (C=N–C) groups is 1. The standard InChI is InChI=1S/C7H13N3O4/c8-7(9)10-2-1-4(6(13)14)3-5(11)12/h4H,1-3H2,(H,11,12)(H,13,14)(H4,8,9,10). The highest BCUT2D eigenvalue weighted by Gasteiger charge is 2.20. The molecule has 0 saturated carbocycles. The van der Waals surface area contributed by atoms with Crippen LogP contribution in [0.5, 0.6) is 0 Å². The Morgan fingerprint density at radius 2 is 1.86 bits per heavy atom. The molecule has 0 spiro atoms. The van der Waals surface area contributed by atoms with E-state index in [-0.39, 0.29) is 18.9 Å². The van der Waals surface area contributed by atoms with E-state index in [4.69, 9.17) is 21.7 Å². The van der Waals surface area contributed by atoms with Crippen molar-refractivity contribution in [2.24, 2.45) is 22.4 Å². The Morgan fingerprint density at radius 1 is 1.29 bits per heavy atom. The highest BCUT2D eigenvalue weighted by molar-refractivity contribution is 5.78. The Labute approximate surface area is 80.4 Å². The van der Waals surface area contributed by atoms with Crippen LogP contribution in [0.2, 0.25) is 0 Å². The van der Waals surface area contributed by atoms with E-state index in [1.165, 1.54) is 0 Å². The molecular formula is C7H13N3O4. The summed E-state index contributed by atoms with van der Waals surface area (Å²) in [5, 5.41) is 17.0. The molecule has 1 atom stereocenters. The molecule has 0 radical (unpaired) electrons. The van der Waals surface area contributed by atoms with Crippen LogP contribution in [-0.2, 0) is 9.59 Å². The largest absolute Gasteiger partial charge is 0.481 e. The predicted molar refractivity (Wildman–Crippen MR) is 48.7 cm³/mol. The summed E-state index contributed by atoms with van der Waals surface area (Å²) in [6, 6.07) is 0. The highest BCUT2D eigenvalue weighted by Crippen LogP contribution is 2.08. The molecule has 7 heteroatoms. The Balaban J connectivity index is 4.04. The molecule has 6 N–H and O–H groups in total. The van der Waals surface area contributed by atoms with E-state index in [1.807, 2.05) is 0 Å². The fourth-order valence-electron chi connectivity index (χ4n) is 0.873. The number of carboxylic acid groups (broad SMARTS) is 2. The zero-order chi connectivity index (χ0) is 11.1. The van der Waals surface area contributed by atoms with E-state index in [1.54, 1.807) is 0 Å². The first-order valence-corrected chi connectivity index (χ1v) is 3.93. The number of nitrogens with zero attached hydrogens (tertiary/aromatic N) is 1. The third-order valence-electron chi connectivity index (χ3n) is 1.54. The lowest BCUT2D eigenvalue weighted by Crippen LogP contribution is -2.24. The van der Waals surface area contributed by atoms with Gasteiger partial charge in [-0.2, -0.15) is 0 Å². The van der Waals surface area contributed by atoms with Crippen LogP contribution in [0, 0.1) is 5.92 Å². The first-order chi connectivity index (χ1) is 6.43. The van der Waals surface area contributed by atoms with Gasteiger partial charge in [0, 0.05) is 6.54 Å². The topological polar surface area (TPSA) is 139 Å².